The van der Waals surface area contributed by atoms with E-state index < -0.39 is 0 Å². The lowest BCUT2D eigenvalue weighted by Crippen LogP contribution is -1.96. The van der Waals surface area contributed by atoms with Crippen LogP contribution in [-0.2, 0) is 6.54 Å². The molecule has 1 N–H and O–H groups in total. The highest BCUT2D eigenvalue weighted by molar-refractivity contribution is 7.16. The summed E-state index contributed by atoms with van der Waals surface area (Å²) in [6.07, 6.45) is 0. The van der Waals surface area contributed by atoms with Crippen molar-refractivity contribution in [3.8, 4) is 10.4 Å². The van der Waals surface area contributed by atoms with Crippen molar-refractivity contribution in [1.82, 2.24) is 10.2 Å². The minimum Gasteiger partial charge on any atom is -0.355 e. The van der Waals surface area contributed by atoms with Crippen LogP contribution in [0, 0.1) is 6.92 Å². The maximum Gasteiger partial charge on any atom is 0.205 e. The Hall–Kier alpha value is -1.72. The Kier molecular flexibility index (Phi) is 3.57. The van der Waals surface area contributed by atoms with Crippen LogP contribution in [0.4, 0.5) is 5.13 Å². The molecule has 0 bridgehead atoms. The molecule has 0 saturated carbocycles. The fraction of sp³-hybridized carbons (Fsp3) is 0.143. The van der Waals surface area contributed by atoms with Gasteiger partial charge in [0.2, 0.25) is 5.13 Å². The van der Waals surface area contributed by atoms with Crippen LogP contribution in [0.1, 0.15) is 9.88 Å². The third-order valence-corrected chi connectivity index (χ3v) is 4.59. The third kappa shape index (κ3) is 3.00. The molecule has 1 aromatic carbocycles. The summed E-state index contributed by atoms with van der Waals surface area (Å²) in [6.45, 7) is 2.76. The largest absolute Gasteiger partial charge is 0.355 e. The Morgan fingerprint density at radius 1 is 1.00 bits per heavy atom. The van der Waals surface area contributed by atoms with Crippen LogP contribution >= 0.6 is 22.7 Å². The molecular weight excluding hydrogens is 274 g/mol. The van der Waals surface area contributed by atoms with Crippen LogP contribution in [0.5, 0.6) is 0 Å². The van der Waals surface area contributed by atoms with Crippen molar-refractivity contribution < 1.29 is 0 Å². The van der Waals surface area contributed by atoms with Crippen LogP contribution in [0.3, 0.4) is 0 Å². The SMILES string of the molecule is Cc1nnc(NCc2ccc(-c3ccccc3)s2)s1. The molecule has 0 spiro atoms. The fourth-order valence-electron chi connectivity index (χ4n) is 1.76. The van der Waals surface area contributed by atoms with Crippen molar-refractivity contribution in [2.75, 3.05) is 5.32 Å². The number of thiophene rings is 1. The standard InChI is InChI=1S/C14H13N3S2/c1-10-16-17-14(18-10)15-9-12-7-8-13(19-12)11-5-3-2-4-6-11/h2-8H,9H2,1H3,(H,15,17). The van der Waals surface area contributed by atoms with Gasteiger partial charge >= 0.3 is 0 Å². The molecule has 0 atom stereocenters. The van der Waals surface area contributed by atoms with Gasteiger partial charge in [-0.25, -0.2) is 0 Å². The molecule has 0 fully saturated rings. The first kappa shape index (κ1) is 12.3. The van der Waals surface area contributed by atoms with E-state index in [2.05, 4.69) is 51.9 Å². The number of aromatic nitrogens is 2. The molecule has 0 radical (unpaired) electrons. The van der Waals surface area contributed by atoms with Gasteiger partial charge in [0, 0.05) is 9.75 Å². The van der Waals surface area contributed by atoms with Gasteiger partial charge in [-0.3, -0.25) is 0 Å². The van der Waals surface area contributed by atoms with E-state index in [4.69, 9.17) is 0 Å². The average Bonchev–Trinajstić information content (AvgIpc) is 3.06. The van der Waals surface area contributed by atoms with Crippen molar-refractivity contribution in [2.24, 2.45) is 0 Å². The first-order valence-electron chi connectivity index (χ1n) is 5.99. The number of hydrogen-bond acceptors (Lipinski definition) is 5. The summed E-state index contributed by atoms with van der Waals surface area (Å²) in [5.74, 6) is 0. The molecule has 0 aliphatic rings. The van der Waals surface area contributed by atoms with E-state index in [0.29, 0.717) is 0 Å². The molecule has 3 rings (SSSR count). The van der Waals surface area contributed by atoms with Gasteiger partial charge in [-0.1, -0.05) is 41.7 Å². The number of benzene rings is 1. The van der Waals surface area contributed by atoms with E-state index in [0.717, 1.165) is 16.7 Å². The van der Waals surface area contributed by atoms with Gasteiger partial charge in [0.15, 0.2) is 0 Å². The Labute approximate surface area is 120 Å². The van der Waals surface area contributed by atoms with Gasteiger partial charge in [0.1, 0.15) is 5.01 Å². The molecular formula is C14H13N3S2. The molecule has 5 heteroatoms. The highest BCUT2D eigenvalue weighted by Gasteiger charge is 2.04. The minimum atomic E-state index is 0.798. The number of nitrogens with zero attached hydrogens (tertiary/aromatic N) is 2. The van der Waals surface area contributed by atoms with Crippen LogP contribution in [0.25, 0.3) is 10.4 Å². The predicted octanol–water partition coefficient (Wildman–Crippen LogP) is 4.19. The van der Waals surface area contributed by atoms with E-state index in [-0.39, 0.29) is 0 Å². The van der Waals surface area contributed by atoms with E-state index in [1.54, 1.807) is 22.7 Å². The zero-order valence-corrected chi connectivity index (χ0v) is 12.1. The first-order chi connectivity index (χ1) is 9.31. The second-order valence-corrected chi connectivity index (χ2v) is 6.46. The maximum absolute atomic E-state index is 4.06. The first-order valence-corrected chi connectivity index (χ1v) is 7.63. The van der Waals surface area contributed by atoms with Crippen LogP contribution < -0.4 is 5.32 Å². The van der Waals surface area contributed by atoms with Crippen molar-refractivity contribution >= 4 is 27.8 Å². The van der Waals surface area contributed by atoms with Crippen LogP contribution in [-0.4, -0.2) is 10.2 Å². The smallest absolute Gasteiger partial charge is 0.205 e. The summed E-state index contributed by atoms with van der Waals surface area (Å²) in [6, 6.07) is 14.8. The molecule has 0 aliphatic heterocycles. The predicted molar refractivity (Wildman–Crippen MR) is 81.7 cm³/mol. The lowest BCUT2D eigenvalue weighted by molar-refractivity contribution is 1.03. The molecule has 96 valence electrons. The van der Waals surface area contributed by atoms with Crippen molar-refractivity contribution in [2.45, 2.75) is 13.5 Å². The molecule has 0 aliphatic carbocycles. The zero-order chi connectivity index (χ0) is 13.1. The van der Waals surface area contributed by atoms with E-state index in [1.807, 2.05) is 13.0 Å². The number of anilines is 1. The second-order valence-electron chi connectivity index (χ2n) is 4.11. The molecule has 2 aromatic heterocycles. The summed E-state index contributed by atoms with van der Waals surface area (Å²) in [5.41, 5.74) is 1.27. The summed E-state index contributed by atoms with van der Waals surface area (Å²) < 4.78 is 0. The molecule has 0 saturated heterocycles. The topological polar surface area (TPSA) is 37.8 Å². The second kappa shape index (κ2) is 5.50. The maximum atomic E-state index is 4.06. The summed E-state index contributed by atoms with van der Waals surface area (Å²) in [5, 5.41) is 13.2. The van der Waals surface area contributed by atoms with Gasteiger partial charge in [-0.05, 0) is 24.6 Å². The monoisotopic (exact) mass is 287 g/mol. The van der Waals surface area contributed by atoms with Gasteiger partial charge in [-0.2, -0.15) is 0 Å². The number of nitrogens with one attached hydrogen (secondary N) is 1. The normalized spacial score (nSPS) is 10.6. The summed E-state index contributed by atoms with van der Waals surface area (Å²) in [7, 11) is 0. The molecule has 2 heterocycles. The zero-order valence-electron chi connectivity index (χ0n) is 10.5. The van der Waals surface area contributed by atoms with Crippen LogP contribution in [0.15, 0.2) is 42.5 Å². The quantitative estimate of drug-likeness (QED) is 0.782. The van der Waals surface area contributed by atoms with Gasteiger partial charge in [0.25, 0.3) is 0 Å². The fourth-order valence-corrected chi connectivity index (χ4v) is 3.30. The Morgan fingerprint density at radius 2 is 1.84 bits per heavy atom. The minimum absolute atomic E-state index is 0.798. The van der Waals surface area contributed by atoms with Crippen molar-refractivity contribution in [3.63, 3.8) is 0 Å². The lowest BCUT2D eigenvalue weighted by Gasteiger charge is -1.98. The van der Waals surface area contributed by atoms with Gasteiger partial charge in [-0.15, -0.1) is 21.5 Å². The number of rotatable bonds is 4. The molecule has 3 aromatic rings. The third-order valence-electron chi connectivity index (χ3n) is 2.66. The summed E-state index contributed by atoms with van der Waals surface area (Å²) >= 11 is 3.39. The number of aryl methyl sites for hydroxylation is 1. The van der Waals surface area contributed by atoms with Gasteiger partial charge in [0.05, 0.1) is 6.54 Å². The average molecular weight is 287 g/mol. The Balaban J connectivity index is 1.68. The van der Waals surface area contributed by atoms with E-state index in [9.17, 15) is 0 Å². The molecule has 0 amide bonds. The van der Waals surface area contributed by atoms with Crippen molar-refractivity contribution in [3.05, 3.63) is 52.3 Å². The molecule has 19 heavy (non-hydrogen) atoms. The molecule has 3 nitrogen and oxygen atoms in total. The van der Waals surface area contributed by atoms with E-state index >= 15 is 0 Å². The highest BCUT2D eigenvalue weighted by Crippen LogP contribution is 2.28. The number of hydrogen-bond donors (Lipinski definition) is 1. The highest BCUT2D eigenvalue weighted by atomic mass is 32.1. The van der Waals surface area contributed by atoms with E-state index in [1.165, 1.54) is 15.3 Å². The lowest BCUT2D eigenvalue weighted by atomic mass is 10.2. The Bertz CT molecular complexity index is 658. The molecule has 0 unspecified atom stereocenters. The van der Waals surface area contributed by atoms with Gasteiger partial charge < -0.3 is 5.32 Å². The van der Waals surface area contributed by atoms with Crippen molar-refractivity contribution in [1.29, 1.82) is 0 Å². The van der Waals surface area contributed by atoms with Crippen LogP contribution in [0.2, 0.25) is 0 Å². The Morgan fingerprint density at radius 3 is 2.58 bits per heavy atom. The summed E-state index contributed by atoms with van der Waals surface area (Å²) in [4.78, 5) is 2.59.